The number of ether oxygens (including phenoxy) is 4. The minimum atomic E-state index is -3.10. The highest BCUT2D eigenvalue weighted by molar-refractivity contribution is 5.94. The minimum absolute atomic E-state index is 0.00217. The van der Waals surface area contributed by atoms with Gasteiger partial charge in [0.15, 0.2) is 11.4 Å². The SMILES string of the molecule is CCCCOc1c(C(=O)OCC)n(C[C@@H]2[C@H]3CC(N2C(=O)OC(C)(C)C)C(F)(F)C3)cc(C(=O)OCC)c1=O. The van der Waals surface area contributed by atoms with Crippen molar-refractivity contribution in [2.24, 2.45) is 5.92 Å². The summed E-state index contributed by atoms with van der Waals surface area (Å²) in [5.74, 6) is -5.90. The van der Waals surface area contributed by atoms with Crippen LogP contribution >= 0.6 is 0 Å². The monoisotopic (exact) mass is 556 g/mol. The predicted molar refractivity (Wildman–Crippen MR) is 136 cm³/mol. The average molecular weight is 557 g/mol. The molecule has 39 heavy (non-hydrogen) atoms. The molecule has 218 valence electrons. The first-order valence-electron chi connectivity index (χ1n) is 13.4. The van der Waals surface area contributed by atoms with Gasteiger partial charge in [0.2, 0.25) is 5.43 Å². The molecule has 3 rings (SSSR count). The van der Waals surface area contributed by atoms with Crippen LogP contribution in [0.4, 0.5) is 13.6 Å². The van der Waals surface area contributed by atoms with Crippen LogP contribution in [0.5, 0.6) is 5.75 Å². The summed E-state index contributed by atoms with van der Waals surface area (Å²) in [4.78, 5) is 53.3. The summed E-state index contributed by atoms with van der Waals surface area (Å²) in [6.45, 7) is 9.90. The van der Waals surface area contributed by atoms with Crippen LogP contribution in [-0.2, 0) is 20.8 Å². The van der Waals surface area contributed by atoms with Crippen molar-refractivity contribution in [1.82, 2.24) is 9.47 Å². The standard InChI is InChI=1S/C27H38F2N2O8/c1-7-10-11-38-22-20(24(34)37-9-3)30(14-17(21(22)32)23(33)36-8-2)15-18-16-12-19(27(28,29)13-16)31(18)25(35)39-26(4,5)6/h14,16,18-19H,7-13,15H2,1-6H3/t16-,18+,19?/m0/s1. The molecule has 2 heterocycles. The molecule has 1 aliphatic heterocycles. The fourth-order valence-corrected chi connectivity index (χ4v) is 5.11. The molecule has 3 atom stereocenters. The van der Waals surface area contributed by atoms with Gasteiger partial charge in [-0.2, -0.15) is 0 Å². The number of carbonyl (C=O) groups excluding carboxylic acids is 3. The second-order valence-electron chi connectivity index (χ2n) is 10.8. The number of piperidine rings is 1. The molecule has 0 N–H and O–H groups in total. The number of hydrogen-bond donors (Lipinski definition) is 0. The van der Waals surface area contributed by atoms with E-state index in [0.717, 1.165) is 17.5 Å². The van der Waals surface area contributed by atoms with Crippen molar-refractivity contribution in [3.05, 3.63) is 27.7 Å². The highest BCUT2D eigenvalue weighted by Crippen LogP contribution is 2.52. The number of carbonyl (C=O) groups is 3. The summed E-state index contributed by atoms with van der Waals surface area (Å²) in [6.07, 6.45) is 1.17. The lowest BCUT2D eigenvalue weighted by Crippen LogP contribution is -2.55. The Hall–Kier alpha value is -3.18. The van der Waals surface area contributed by atoms with Gasteiger partial charge in [-0.1, -0.05) is 13.3 Å². The second kappa shape index (κ2) is 11.9. The van der Waals surface area contributed by atoms with Crippen molar-refractivity contribution in [2.75, 3.05) is 19.8 Å². The fraction of sp³-hybridized carbons (Fsp3) is 0.704. The topological polar surface area (TPSA) is 113 Å². The largest absolute Gasteiger partial charge is 0.487 e. The number of amides is 1. The van der Waals surface area contributed by atoms with Crippen LogP contribution in [0.3, 0.4) is 0 Å². The molecule has 1 aromatic heterocycles. The zero-order valence-corrected chi connectivity index (χ0v) is 23.4. The van der Waals surface area contributed by atoms with Gasteiger partial charge in [0.25, 0.3) is 5.92 Å². The molecule has 2 bridgehead atoms. The number of unbranched alkanes of at least 4 members (excludes halogenated alkanes) is 1. The molecule has 1 aliphatic carbocycles. The van der Waals surface area contributed by atoms with E-state index in [1.807, 2.05) is 6.92 Å². The maximum absolute atomic E-state index is 14.8. The number of fused-ring (bicyclic) bond motifs is 2. The number of aromatic nitrogens is 1. The van der Waals surface area contributed by atoms with E-state index in [2.05, 4.69) is 0 Å². The molecule has 12 heteroatoms. The van der Waals surface area contributed by atoms with Crippen LogP contribution in [0.2, 0.25) is 0 Å². The number of esters is 2. The number of hydrogen-bond acceptors (Lipinski definition) is 8. The van der Waals surface area contributed by atoms with Gasteiger partial charge in [-0.3, -0.25) is 9.69 Å². The van der Waals surface area contributed by atoms with Crippen LogP contribution in [0, 0.1) is 5.92 Å². The van der Waals surface area contributed by atoms with Crippen molar-refractivity contribution >= 4 is 18.0 Å². The number of halogens is 2. The number of nitrogens with zero attached hydrogens (tertiary/aromatic N) is 2. The summed E-state index contributed by atoms with van der Waals surface area (Å²) in [5, 5.41) is 0. The van der Waals surface area contributed by atoms with Crippen LogP contribution < -0.4 is 10.2 Å². The van der Waals surface area contributed by atoms with E-state index >= 15 is 0 Å². The molecule has 0 radical (unpaired) electrons. The Morgan fingerprint density at radius 3 is 2.31 bits per heavy atom. The molecule has 2 aliphatic rings. The molecule has 1 amide bonds. The molecule has 1 saturated heterocycles. The third kappa shape index (κ3) is 6.52. The smallest absolute Gasteiger partial charge is 0.411 e. The zero-order chi connectivity index (χ0) is 29.1. The number of likely N-dealkylation sites (tertiary alicyclic amines) is 1. The van der Waals surface area contributed by atoms with E-state index in [0.29, 0.717) is 6.42 Å². The Kier molecular flexibility index (Phi) is 9.27. The summed E-state index contributed by atoms with van der Waals surface area (Å²) >= 11 is 0. The van der Waals surface area contributed by atoms with Gasteiger partial charge < -0.3 is 23.5 Å². The lowest BCUT2D eigenvalue weighted by Gasteiger charge is -2.40. The van der Waals surface area contributed by atoms with Crippen molar-refractivity contribution in [3.8, 4) is 5.75 Å². The van der Waals surface area contributed by atoms with Gasteiger partial charge in [0.1, 0.15) is 11.2 Å². The summed E-state index contributed by atoms with van der Waals surface area (Å²) in [6, 6.07) is -2.18. The van der Waals surface area contributed by atoms with E-state index in [1.54, 1.807) is 34.6 Å². The van der Waals surface area contributed by atoms with Crippen molar-refractivity contribution in [2.45, 2.75) is 97.4 Å². The lowest BCUT2D eigenvalue weighted by molar-refractivity contribution is -0.0968. The molecule has 2 fully saturated rings. The number of pyridine rings is 1. The highest BCUT2D eigenvalue weighted by atomic mass is 19.3. The Balaban J connectivity index is 2.15. The first kappa shape index (κ1) is 30.4. The maximum atomic E-state index is 14.8. The maximum Gasteiger partial charge on any atom is 0.411 e. The van der Waals surface area contributed by atoms with Gasteiger partial charge >= 0.3 is 18.0 Å². The van der Waals surface area contributed by atoms with E-state index in [9.17, 15) is 28.0 Å². The van der Waals surface area contributed by atoms with Crippen molar-refractivity contribution in [3.63, 3.8) is 0 Å². The molecule has 0 aromatic carbocycles. The van der Waals surface area contributed by atoms with Crippen molar-refractivity contribution < 1.29 is 42.1 Å². The normalized spacial score (nSPS) is 21.5. The zero-order valence-electron chi connectivity index (χ0n) is 23.4. The highest BCUT2D eigenvalue weighted by Gasteiger charge is 2.63. The van der Waals surface area contributed by atoms with Gasteiger partial charge in [0, 0.05) is 19.2 Å². The van der Waals surface area contributed by atoms with E-state index in [4.69, 9.17) is 18.9 Å². The van der Waals surface area contributed by atoms with Crippen LogP contribution in [0.25, 0.3) is 0 Å². The van der Waals surface area contributed by atoms with Crippen LogP contribution in [0.15, 0.2) is 11.0 Å². The van der Waals surface area contributed by atoms with E-state index in [-0.39, 0.29) is 49.8 Å². The Morgan fingerprint density at radius 2 is 1.72 bits per heavy atom. The number of rotatable bonds is 10. The number of alkyl halides is 2. The fourth-order valence-electron chi connectivity index (χ4n) is 5.11. The summed E-state index contributed by atoms with van der Waals surface area (Å²) in [5.41, 5.74) is -2.41. The Labute approximate surface area is 226 Å². The third-order valence-electron chi connectivity index (χ3n) is 6.72. The predicted octanol–water partition coefficient (Wildman–Crippen LogP) is 4.41. The molecular weight excluding hydrogens is 518 g/mol. The van der Waals surface area contributed by atoms with Gasteiger partial charge in [0.05, 0.1) is 31.9 Å². The van der Waals surface area contributed by atoms with Gasteiger partial charge in [-0.15, -0.1) is 0 Å². The van der Waals surface area contributed by atoms with Crippen LogP contribution in [0.1, 0.15) is 88.1 Å². The summed E-state index contributed by atoms with van der Waals surface area (Å²) < 4.78 is 52.3. The van der Waals surface area contributed by atoms with E-state index in [1.165, 1.54) is 4.57 Å². The second-order valence-corrected chi connectivity index (χ2v) is 10.8. The molecule has 1 aromatic rings. The first-order chi connectivity index (χ1) is 18.3. The molecule has 1 saturated carbocycles. The molecular formula is C27H38F2N2O8. The first-order valence-corrected chi connectivity index (χ1v) is 13.4. The Bertz CT molecular complexity index is 1140. The quantitative estimate of drug-likeness (QED) is 0.237. The van der Waals surface area contributed by atoms with Crippen LogP contribution in [-0.4, -0.2) is 70.9 Å². The van der Waals surface area contributed by atoms with Crippen molar-refractivity contribution in [1.29, 1.82) is 0 Å². The van der Waals surface area contributed by atoms with Gasteiger partial charge in [-0.05, 0) is 53.4 Å². The minimum Gasteiger partial charge on any atom is -0.487 e. The lowest BCUT2D eigenvalue weighted by atomic mass is 9.96. The molecule has 0 spiro atoms. The molecule has 10 nitrogen and oxygen atoms in total. The Morgan fingerprint density at radius 1 is 1.08 bits per heavy atom. The van der Waals surface area contributed by atoms with Gasteiger partial charge in [-0.25, -0.2) is 23.2 Å². The summed E-state index contributed by atoms with van der Waals surface area (Å²) in [7, 11) is 0. The molecule has 1 unspecified atom stereocenters. The van der Waals surface area contributed by atoms with E-state index < -0.39 is 59.4 Å². The average Bonchev–Trinajstić information content (AvgIpc) is 3.33. The third-order valence-corrected chi connectivity index (χ3v) is 6.72.